The van der Waals surface area contributed by atoms with Crippen LogP contribution in [0, 0.1) is 12.1 Å². The van der Waals surface area contributed by atoms with Gasteiger partial charge in [-0.2, -0.15) is 0 Å². The van der Waals surface area contributed by atoms with Crippen molar-refractivity contribution in [2.24, 2.45) is 0 Å². The van der Waals surface area contributed by atoms with Gasteiger partial charge in [0.2, 0.25) is 0 Å². The van der Waals surface area contributed by atoms with Crippen LogP contribution in [0.15, 0.2) is 109 Å². The van der Waals surface area contributed by atoms with Crippen molar-refractivity contribution in [2.75, 3.05) is 0 Å². The maximum absolute atomic E-state index is 8.83. The van der Waals surface area contributed by atoms with Gasteiger partial charge in [-0.15, -0.1) is 35.9 Å². The second-order valence-corrected chi connectivity index (χ2v) is 23.9. The molecule has 3 aromatic heterocycles. The van der Waals surface area contributed by atoms with E-state index in [0.717, 1.165) is 50.1 Å². The van der Waals surface area contributed by atoms with Crippen LogP contribution in [0.25, 0.3) is 55.0 Å². The van der Waals surface area contributed by atoms with E-state index in [4.69, 9.17) is 11.3 Å². The largest absolute Gasteiger partial charge is 0.305 e. The molecule has 0 N–H and O–H groups in total. The molecular formula is C42H41GeIrN3-2. The van der Waals surface area contributed by atoms with Crippen LogP contribution in [0.1, 0.15) is 52.1 Å². The quantitative estimate of drug-likeness (QED) is 0.0984. The van der Waals surface area contributed by atoms with Crippen LogP contribution in [0.5, 0.6) is 0 Å². The van der Waals surface area contributed by atoms with Gasteiger partial charge >= 0.3 is 208 Å². The molecule has 0 aliphatic rings. The van der Waals surface area contributed by atoms with Gasteiger partial charge in [-0.3, -0.25) is 0 Å². The van der Waals surface area contributed by atoms with E-state index < -0.39 is 19.2 Å². The minimum Gasteiger partial charge on any atom is -0.305 e. The zero-order valence-corrected chi connectivity index (χ0v) is 32.6. The van der Waals surface area contributed by atoms with Gasteiger partial charge in [0.1, 0.15) is 0 Å². The molecule has 0 spiro atoms. The van der Waals surface area contributed by atoms with Crippen molar-refractivity contribution in [1.29, 1.82) is 0 Å². The Balaban J connectivity index is 0.000000291. The maximum Gasteiger partial charge on any atom is 0.0160 e. The van der Waals surface area contributed by atoms with Crippen LogP contribution in [-0.2, 0) is 20.1 Å². The van der Waals surface area contributed by atoms with Gasteiger partial charge in [0.25, 0.3) is 0 Å². The molecule has 0 aliphatic heterocycles. The second kappa shape index (κ2) is 14.6. The zero-order chi connectivity index (χ0) is 33.3. The smallest absolute Gasteiger partial charge is 0.0160 e. The zero-order valence-electron chi connectivity index (χ0n) is 29.1. The van der Waals surface area contributed by atoms with Crippen molar-refractivity contribution in [3.63, 3.8) is 0 Å². The molecule has 3 heterocycles. The van der Waals surface area contributed by atoms with Crippen LogP contribution in [0.3, 0.4) is 0 Å². The van der Waals surface area contributed by atoms with Crippen molar-refractivity contribution >= 4 is 50.1 Å². The predicted molar refractivity (Wildman–Crippen MR) is 198 cm³/mol. The average molecular weight is 854 g/mol. The first kappa shape index (κ1) is 33.2. The molecule has 1 radical (unpaired) electrons. The molecule has 5 heteroatoms. The Hall–Kier alpha value is -3.70. The van der Waals surface area contributed by atoms with Crippen molar-refractivity contribution in [3.8, 4) is 22.5 Å². The van der Waals surface area contributed by atoms with Crippen LogP contribution in [0.2, 0.25) is 17.3 Å². The summed E-state index contributed by atoms with van der Waals surface area (Å²) in [6.45, 7) is 8.33. The fourth-order valence-electron chi connectivity index (χ4n) is 5.92. The van der Waals surface area contributed by atoms with E-state index in [0.29, 0.717) is 5.92 Å². The molecule has 3 nitrogen and oxygen atoms in total. The summed E-state index contributed by atoms with van der Waals surface area (Å²) in [5.41, 5.74) is 7.05. The second-order valence-electron chi connectivity index (χ2n) is 13.4. The molecule has 0 bridgehead atoms. The first-order valence-corrected chi connectivity index (χ1v) is 23.3. The fraction of sp³-hybridized carbons (Fsp3) is 0.214. The minimum absolute atomic E-state index is 0. The Morgan fingerprint density at radius 1 is 0.681 bits per heavy atom. The van der Waals surface area contributed by atoms with Gasteiger partial charge in [0.15, 0.2) is 0 Å². The minimum atomic E-state index is -2.19. The van der Waals surface area contributed by atoms with Crippen LogP contribution in [-0.4, -0.2) is 28.2 Å². The molecule has 0 amide bonds. The number of hydrogen-bond donors (Lipinski definition) is 0. The Morgan fingerprint density at radius 2 is 1.40 bits per heavy atom. The van der Waals surface area contributed by atoms with E-state index in [1.165, 1.54) is 20.6 Å². The standard InChI is InChI=1S/C31H33GeN2.C11H8N.Ir/c1-19(2)26-17-30(33-18-28(26)32(5,6)7)21-12-13-24-22-10-8-9-11-23(22)25-14-15-29(20(3)4)34-31(25)27(24)16-21;1-2-6-10(7-3-1)11-8-4-5-9-12-11;/h8-11,13-20H,1-7H3;1-6,8-9H;/q2*-1;/i19D;;. The maximum atomic E-state index is 8.83. The van der Waals surface area contributed by atoms with Crippen molar-refractivity contribution < 1.29 is 21.5 Å². The molecule has 0 saturated carbocycles. The van der Waals surface area contributed by atoms with Gasteiger partial charge in [-0.1, -0.05) is 12.1 Å². The van der Waals surface area contributed by atoms with E-state index in [1.54, 1.807) is 6.20 Å². The summed E-state index contributed by atoms with van der Waals surface area (Å²) in [6, 6.07) is 39.7. The topological polar surface area (TPSA) is 38.7 Å². The van der Waals surface area contributed by atoms with E-state index in [9.17, 15) is 0 Å². The summed E-state index contributed by atoms with van der Waals surface area (Å²) < 4.78 is 10.1. The molecule has 4 aromatic carbocycles. The first-order valence-electron chi connectivity index (χ1n) is 16.5. The number of pyridine rings is 3. The number of benzene rings is 4. The Labute approximate surface area is 297 Å². The van der Waals surface area contributed by atoms with Gasteiger partial charge < -0.3 is 4.98 Å². The summed E-state index contributed by atoms with van der Waals surface area (Å²) in [7, 11) is 0. The van der Waals surface area contributed by atoms with Crippen LogP contribution >= 0.6 is 0 Å². The summed E-state index contributed by atoms with van der Waals surface area (Å²) >= 11 is -2.19. The van der Waals surface area contributed by atoms with Gasteiger partial charge in [-0.25, -0.2) is 0 Å². The van der Waals surface area contributed by atoms with Crippen LogP contribution < -0.4 is 4.40 Å². The Bertz CT molecular complexity index is 2150. The molecule has 239 valence electrons. The molecule has 0 unspecified atom stereocenters. The van der Waals surface area contributed by atoms with Crippen molar-refractivity contribution in [1.82, 2.24) is 15.0 Å². The van der Waals surface area contributed by atoms with E-state index in [-0.39, 0.29) is 20.1 Å². The predicted octanol–water partition coefficient (Wildman–Crippen LogP) is 10.7. The summed E-state index contributed by atoms with van der Waals surface area (Å²) in [4.78, 5) is 14.2. The third kappa shape index (κ3) is 7.41. The average Bonchev–Trinajstić information content (AvgIpc) is 3.08. The molecule has 7 rings (SSSR count). The fourth-order valence-corrected chi connectivity index (χ4v) is 9.24. The van der Waals surface area contributed by atoms with Crippen molar-refractivity contribution in [2.45, 2.75) is 56.8 Å². The van der Waals surface area contributed by atoms with E-state index >= 15 is 0 Å². The summed E-state index contributed by atoms with van der Waals surface area (Å²) in [6.07, 6.45) is 3.82. The third-order valence-corrected chi connectivity index (χ3v) is 12.6. The normalized spacial score (nSPS) is 12.0. The monoisotopic (exact) mass is 855 g/mol. The number of rotatable bonds is 5. The molecule has 47 heavy (non-hydrogen) atoms. The van der Waals surface area contributed by atoms with Gasteiger partial charge in [0, 0.05) is 26.3 Å². The SMILES string of the molecule is [2H]C(C)(C)c1cc(-c2[c-]cc3c4ccccc4c4ccc(C(C)C)nc4c3c2)nc[c]1[Ge]([CH3])([CH3])[CH3].[Ir].[c-]1ccccc1-c1ccccn1. The molecule has 0 atom stereocenters. The Morgan fingerprint density at radius 3 is 2.04 bits per heavy atom. The van der Waals surface area contributed by atoms with Crippen LogP contribution in [0.4, 0.5) is 0 Å². The number of nitrogens with zero attached hydrogens (tertiary/aromatic N) is 3. The number of aromatic nitrogens is 3. The Kier molecular flexibility index (Phi) is 10.3. The number of hydrogen-bond acceptors (Lipinski definition) is 3. The molecule has 7 aromatic rings. The molecule has 0 fully saturated rings. The van der Waals surface area contributed by atoms with Crippen molar-refractivity contribution in [3.05, 3.63) is 133 Å². The molecular weight excluding hydrogens is 811 g/mol. The summed E-state index contributed by atoms with van der Waals surface area (Å²) in [5.74, 6) is 6.77. The first-order chi connectivity index (χ1) is 22.4. The molecule has 0 aliphatic carbocycles. The van der Waals surface area contributed by atoms with E-state index in [1.807, 2.05) is 62.5 Å². The number of fused-ring (bicyclic) bond motifs is 6. The van der Waals surface area contributed by atoms with Gasteiger partial charge in [0.05, 0.1) is 0 Å². The molecule has 0 saturated heterocycles. The van der Waals surface area contributed by atoms with Gasteiger partial charge in [-0.05, 0) is 11.8 Å². The van der Waals surface area contributed by atoms with E-state index in [2.05, 4.69) is 103 Å². The third-order valence-electron chi connectivity index (χ3n) is 8.40. The summed E-state index contributed by atoms with van der Waals surface area (Å²) in [5, 5.41) is 5.89.